The molecule has 6 nitrogen and oxygen atoms in total. The number of carbonyl (C=O) groups is 1. The number of carboxylic acid groups (broad SMARTS) is 1. The quantitative estimate of drug-likeness (QED) is 0.168. The fourth-order valence-corrected chi connectivity index (χ4v) is 18.8. The Morgan fingerprint density at radius 2 is 1.34 bits per heavy atom. The number of hydrogen-bond donors (Lipinski definition) is 5. The van der Waals surface area contributed by atoms with Crippen molar-refractivity contribution in [3.05, 3.63) is 11.3 Å². The van der Waals surface area contributed by atoms with Gasteiger partial charge in [0.15, 0.2) is 0 Å². The molecule has 0 spiro atoms. The summed E-state index contributed by atoms with van der Waals surface area (Å²) in [5, 5.41) is 48.0. The largest absolute Gasteiger partial charge is 0.481 e. The molecule has 9 aliphatic carbocycles. The molecule has 0 aromatic rings. The zero-order valence-electron chi connectivity index (χ0n) is 36.3. The molecule has 0 saturated heterocycles. The number of aliphatic carboxylic acids is 1. The first kappa shape index (κ1) is 40.3. The molecule has 16 unspecified atom stereocenters. The third-order valence-electron chi connectivity index (χ3n) is 21.7. The van der Waals surface area contributed by atoms with Gasteiger partial charge in [0.25, 0.3) is 0 Å². The summed E-state index contributed by atoms with van der Waals surface area (Å²) in [5.74, 6) is 6.72. The van der Waals surface area contributed by atoms with Crippen molar-refractivity contribution in [3.8, 4) is 0 Å². The topological polar surface area (TPSA) is 110 Å². The van der Waals surface area contributed by atoms with Crippen molar-refractivity contribution in [2.75, 3.05) is 6.54 Å². The third kappa shape index (κ3) is 6.17. The molecule has 56 heavy (non-hydrogen) atoms. The van der Waals surface area contributed by atoms with Crippen molar-refractivity contribution in [2.24, 2.45) is 98.6 Å². The first-order valence-electron chi connectivity index (χ1n) is 24.3. The van der Waals surface area contributed by atoms with Gasteiger partial charge in [-0.05, 0) is 226 Å². The number of rotatable bonds is 8. The minimum atomic E-state index is -0.669. The Labute approximate surface area is 340 Å². The summed E-state index contributed by atoms with van der Waals surface area (Å²) in [6.07, 6.45) is 21.6. The maximum atomic E-state index is 12.0. The van der Waals surface area contributed by atoms with Crippen molar-refractivity contribution < 1.29 is 25.2 Å². The summed E-state index contributed by atoms with van der Waals surface area (Å²) in [4.78, 5) is 11.4. The average molecular weight is 776 g/mol. The highest BCUT2D eigenvalue weighted by molar-refractivity contribution is 5.66. The fourth-order valence-electron chi connectivity index (χ4n) is 18.8. The van der Waals surface area contributed by atoms with E-state index < -0.39 is 5.97 Å². The Bertz CT molecular complexity index is 1530. The molecule has 0 amide bonds. The number of aliphatic hydroxyl groups is 3. The molecular formula is C50H81NO5. The molecule has 6 heteroatoms. The highest BCUT2D eigenvalue weighted by Crippen LogP contribution is 2.71. The minimum Gasteiger partial charge on any atom is -0.481 e. The Balaban J connectivity index is 0.847. The Hall–Kier alpha value is -1.11. The number of aliphatic hydroxyl groups excluding tert-OH is 3. The number of fused-ring (bicyclic) bond motifs is 12. The zero-order chi connectivity index (χ0) is 39.5. The molecule has 9 aliphatic rings. The first-order valence-corrected chi connectivity index (χ1v) is 24.3. The predicted molar refractivity (Wildman–Crippen MR) is 222 cm³/mol. The zero-order valence-corrected chi connectivity index (χ0v) is 36.3. The van der Waals surface area contributed by atoms with E-state index in [0.717, 1.165) is 51.0 Å². The van der Waals surface area contributed by atoms with Crippen LogP contribution in [0.1, 0.15) is 170 Å². The molecule has 8 saturated carbocycles. The van der Waals surface area contributed by atoms with Crippen LogP contribution in [0.15, 0.2) is 11.3 Å². The second kappa shape index (κ2) is 14.5. The van der Waals surface area contributed by atoms with Crippen LogP contribution in [-0.4, -0.2) is 51.3 Å². The van der Waals surface area contributed by atoms with Crippen LogP contribution in [0.5, 0.6) is 0 Å². The highest BCUT2D eigenvalue weighted by atomic mass is 16.4. The molecule has 5 N–H and O–H groups in total. The van der Waals surface area contributed by atoms with Crippen molar-refractivity contribution in [1.29, 1.82) is 0 Å². The molecule has 0 aromatic carbocycles. The molecule has 0 heterocycles. The van der Waals surface area contributed by atoms with Crippen molar-refractivity contribution >= 4 is 5.97 Å². The van der Waals surface area contributed by atoms with E-state index in [4.69, 9.17) is 0 Å². The van der Waals surface area contributed by atoms with Gasteiger partial charge < -0.3 is 25.7 Å². The minimum absolute atomic E-state index is 0.178. The molecular weight excluding hydrogens is 695 g/mol. The molecule has 8 fully saturated rings. The van der Waals surface area contributed by atoms with Gasteiger partial charge in [-0.15, -0.1) is 0 Å². The number of allylic oxidation sites excluding steroid dienone is 2. The molecule has 0 aliphatic heterocycles. The van der Waals surface area contributed by atoms with Gasteiger partial charge in [0, 0.05) is 18.7 Å². The molecule has 316 valence electrons. The summed E-state index contributed by atoms with van der Waals surface area (Å²) >= 11 is 0. The second-order valence-electron chi connectivity index (χ2n) is 23.8. The SMILES string of the molecule is CC(CCC(=O)O)C1CCC2C3C(CCC12C)C1(C)CC[C@@H](CCNC2=C4CC5C6C(CCC5(C)C4C(C)CC2)C2(C)CC[C@@H](O)CC2C[C@@H]6O)CC1C[C@@H]3O. The fraction of sp³-hybridized carbons (Fsp3) is 0.940. The van der Waals surface area contributed by atoms with Crippen LogP contribution >= 0.6 is 0 Å². The van der Waals surface area contributed by atoms with E-state index >= 15 is 0 Å². The summed E-state index contributed by atoms with van der Waals surface area (Å²) in [6, 6.07) is 0. The van der Waals surface area contributed by atoms with Crippen molar-refractivity contribution in [2.45, 2.75) is 188 Å². The maximum absolute atomic E-state index is 12.0. The number of hydrogen-bond acceptors (Lipinski definition) is 5. The van der Waals surface area contributed by atoms with Crippen molar-refractivity contribution in [3.63, 3.8) is 0 Å². The molecule has 0 radical (unpaired) electrons. The van der Waals surface area contributed by atoms with Crippen LogP contribution in [0.2, 0.25) is 0 Å². The molecule has 0 bridgehead atoms. The van der Waals surface area contributed by atoms with Crippen molar-refractivity contribution in [1.82, 2.24) is 5.32 Å². The Kier molecular flexibility index (Phi) is 10.5. The molecule has 0 aromatic heterocycles. The lowest BCUT2D eigenvalue weighted by Gasteiger charge is -2.62. The smallest absolute Gasteiger partial charge is 0.303 e. The number of nitrogens with one attached hydrogen (secondary N) is 1. The van der Waals surface area contributed by atoms with E-state index in [-0.39, 0.29) is 41.0 Å². The average Bonchev–Trinajstić information content (AvgIpc) is 3.67. The monoisotopic (exact) mass is 776 g/mol. The predicted octanol–water partition coefficient (Wildman–Crippen LogP) is 10.00. The van der Waals surface area contributed by atoms with Gasteiger partial charge in [0.2, 0.25) is 0 Å². The van der Waals surface area contributed by atoms with E-state index in [0.29, 0.717) is 76.4 Å². The van der Waals surface area contributed by atoms with Gasteiger partial charge in [-0.1, -0.05) is 41.5 Å². The lowest BCUT2D eigenvalue weighted by atomic mass is 9.43. The number of carboxylic acids is 1. The van der Waals surface area contributed by atoms with E-state index in [1.165, 1.54) is 83.5 Å². The van der Waals surface area contributed by atoms with E-state index in [1.54, 1.807) is 11.3 Å². The van der Waals surface area contributed by atoms with Gasteiger partial charge in [-0.3, -0.25) is 4.79 Å². The second-order valence-corrected chi connectivity index (χ2v) is 23.8. The van der Waals surface area contributed by atoms with Crippen LogP contribution in [0.4, 0.5) is 0 Å². The maximum Gasteiger partial charge on any atom is 0.303 e. The summed E-state index contributed by atoms with van der Waals surface area (Å²) in [7, 11) is 0. The van der Waals surface area contributed by atoms with Gasteiger partial charge >= 0.3 is 5.97 Å². The first-order chi connectivity index (χ1) is 26.6. The van der Waals surface area contributed by atoms with E-state index in [9.17, 15) is 25.2 Å². The molecule has 9 rings (SSSR count). The van der Waals surface area contributed by atoms with Crippen LogP contribution in [-0.2, 0) is 4.79 Å². The lowest BCUT2D eigenvalue weighted by Crippen LogP contribution is -2.58. The Morgan fingerprint density at radius 1 is 0.732 bits per heavy atom. The van der Waals surface area contributed by atoms with Gasteiger partial charge in [-0.25, -0.2) is 0 Å². The van der Waals surface area contributed by atoms with Crippen LogP contribution in [0, 0.1) is 98.6 Å². The summed E-state index contributed by atoms with van der Waals surface area (Å²) in [6.45, 7) is 16.2. The summed E-state index contributed by atoms with van der Waals surface area (Å²) in [5.41, 5.74) is 4.44. The van der Waals surface area contributed by atoms with Gasteiger partial charge in [0.1, 0.15) is 0 Å². The Morgan fingerprint density at radius 3 is 2.04 bits per heavy atom. The van der Waals surface area contributed by atoms with E-state index in [2.05, 4.69) is 46.9 Å². The molecule has 20 atom stereocenters. The summed E-state index contributed by atoms with van der Waals surface area (Å²) < 4.78 is 0. The standard InChI is InChI=1S/C50H81NO5/c1-28(8-12-43(55)56)35-9-10-36-44-37(15-20-49(35,36)5)47(3)18-13-30(23-31(47)25-41(44)53)17-22-51-40-11-7-29(2)46-34(40)27-39-45-38(16-21-50(39,46)6)48(4)19-14-33(52)24-32(48)26-42(45)54/h28-33,35-39,41-42,44-46,51-54H,7-27H2,1-6H3,(H,55,56)/t28?,29?,30-,31?,32?,33+,35?,36?,37?,38?,39?,41-,42-,44?,45?,46?,47?,48?,49?,50?/m0/s1. The normalized spacial score (nSPS) is 54.1. The van der Waals surface area contributed by atoms with Crippen LogP contribution < -0.4 is 5.32 Å². The third-order valence-corrected chi connectivity index (χ3v) is 21.7. The van der Waals surface area contributed by atoms with E-state index in [1.807, 2.05) is 0 Å². The van der Waals surface area contributed by atoms with Crippen LogP contribution in [0.25, 0.3) is 0 Å². The van der Waals surface area contributed by atoms with Gasteiger partial charge in [0.05, 0.1) is 18.3 Å². The lowest BCUT2D eigenvalue weighted by molar-refractivity contribution is -0.174. The highest BCUT2D eigenvalue weighted by Gasteiger charge is 2.65. The van der Waals surface area contributed by atoms with Crippen LogP contribution in [0.3, 0.4) is 0 Å². The van der Waals surface area contributed by atoms with Gasteiger partial charge in [-0.2, -0.15) is 0 Å².